The minimum atomic E-state index is -0.182. The van der Waals surface area contributed by atoms with Gasteiger partial charge in [0.1, 0.15) is 0 Å². The van der Waals surface area contributed by atoms with Crippen LogP contribution in [0.5, 0.6) is 0 Å². The van der Waals surface area contributed by atoms with Gasteiger partial charge in [-0.3, -0.25) is 4.79 Å². The molecule has 1 unspecified atom stereocenters. The van der Waals surface area contributed by atoms with E-state index in [0.29, 0.717) is 18.1 Å². The fourth-order valence-electron chi connectivity index (χ4n) is 2.01. The van der Waals surface area contributed by atoms with Gasteiger partial charge in [0, 0.05) is 18.6 Å². The molecule has 2 aromatic rings. The van der Waals surface area contributed by atoms with Crippen molar-refractivity contribution in [1.82, 2.24) is 5.32 Å². The molecule has 0 saturated carbocycles. The molecule has 0 aliphatic carbocycles. The van der Waals surface area contributed by atoms with Gasteiger partial charge in [0.25, 0.3) is 5.91 Å². The van der Waals surface area contributed by atoms with E-state index in [0.717, 1.165) is 10.8 Å². The second-order valence-corrected chi connectivity index (χ2v) is 4.62. The number of nitrogens with one attached hydrogen (secondary N) is 1. The molecule has 4 heteroatoms. The molecule has 0 bridgehead atoms. The Balaban J connectivity index is 2.26. The van der Waals surface area contributed by atoms with Gasteiger partial charge in [-0.1, -0.05) is 36.4 Å². The van der Waals surface area contributed by atoms with E-state index in [1.54, 1.807) is 7.11 Å². The van der Waals surface area contributed by atoms with Gasteiger partial charge in [0.2, 0.25) is 0 Å². The van der Waals surface area contributed by atoms with Gasteiger partial charge < -0.3 is 10.1 Å². The van der Waals surface area contributed by atoms with Crippen molar-refractivity contribution in [2.45, 2.75) is 6.04 Å². The molecule has 0 aromatic heterocycles. The number of hydrogen-bond acceptors (Lipinski definition) is 2. The van der Waals surface area contributed by atoms with E-state index in [4.69, 9.17) is 16.3 Å². The van der Waals surface area contributed by atoms with Crippen LogP contribution in [-0.4, -0.2) is 31.5 Å². The summed E-state index contributed by atoms with van der Waals surface area (Å²) in [5.41, 5.74) is 0.657. The number of hydrogen-bond donors (Lipinski definition) is 1. The van der Waals surface area contributed by atoms with Gasteiger partial charge in [-0.15, -0.1) is 11.6 Å². The topological polar surface area (TPSA) is 38.3 Å². The highest BCUT2D eigenvalue weighted by molar-refractivity contribution is 6.18. The van der Waals surface area contributed by atoms with Crippen LogP contribution in [0.4, 0.5) is 0 Å². The number of carbonyl (C=O) groups excluding carboxylic acids is 1. The summed E-state index contributed by atoms with van der Waals surface area (Å²) >= 11 is 5.80. The molecule has 1 N–H and O–H groups in total. The van der Waals surface area contributed by atoms with Crippen LogP contribution < -0.4 is 5.32 Å². The Morgan fingerprint density at radius 1 is 1.26 bits per heavy atom. The van der Waals surface area contributed by atoms with Crippen LogP contribution in [0.2, 0.25) is 0 Å². The summed E-state index contributed by atoms with van der Waals surface area (Å²) in [5.74, 6) is 0.198. The molecule has 0 radical (unpaired) electrons. The Kier molecular flexibility index (Phi) is 4.77. The fraction of sp³-hybridized carbons (Fsp3) is 0.267. The zero-order valence-electron chi connectivity index (χ0n) is 10.7. The van der Waals surface area contributed by atoms with Gasteiger partial charge in [0.05, 0.1) is 12.6 Å². The first kappa shape index (κ1) is 13.8. The van der Waals surface area contributed by atoms with E-state index in [2.05, 4.69) is 5.32 Å². The minimum absolute atomic E-state index is 0.125. The second-order valence-electron chi connectivity index (χ2n) is 4.31. The highest BCUT2D eigenvalue weighted by Crippen LogP contribution is 2.18. The molecule has 0 spiro atoms. The number of amides is 1. The predicted octanol–water partition coefficient (Wildman–Crippen LogP) is 2.82. The zero-order valence-corrected chi connectivity index (χ0v) is 11.5. The first-order valence-electron chi connectivity index (χ1n) is 6.09. The maximum atomic E-state index is 12.3. The van der Waals surface area contributed by atoms with Crippen molar-refractivity contribution < 1.29 is 9.53 Å². The first-order chi connectivity index (χ1) is 9.26. The second kappa shape index (κ2) is 6.55. The number of alkyl halides is 1. The Morgan fingerprint density at radius 3 is 2.74 bits per heavy atom. The van der Waals surface area contributed by atoms with Crippen molar-refractivity contribution in [3.05, 3.63) is 48.0 Å². The quantitative estimate of drug-likeness (QED) is 0.854. The maximum Gasteiger partial charge on any atom is 0.252 e. The monoisotopic (exact) mass is 277 g/mol. The third-order valence-electron chi connectivity index (χ3n) is 2.92. The molecule has 100 valence electrons. The molecule has 0 saturated heterocycles. The number of benzene rings is 2. The average Bonchev–Trinajstić information content (AvgIpc) is 2.46. The van der Waals surface area contributed by atoms with Gasteiger partial charge in [-0.2, -0.15) is 0 Å². The third-order valence-corrected chi connectivity index (χ3v) is 3.30. The summed E-state index contributed by atoms with van der Waals surface area (Å²) in [5, 5.41) is 4.86. The van der Waals surface area contributed by atoms with E-state index in [-0.39, 0.29) is 11.9 Å². The lowest BCUT2D eigenvalue weighted by Gasteiger charge is -2.15. The smallest absolute Gasteiger partial charge is 0.252 e. The molecule has 0 fully saturated rings. The van der Waals surface area contributed by atoms with Crippen molar-refractivity contribution in [3.63, 3.8) is 0 Å². The molecule has 0 aliphatic rings. The summed E-state index contributed by atoms with van der Waals surface area (Å²) < 4.78 is 5.02. The van der Waals surface area contributed by atoms with Crippen LogP contribution in [0.3, 0.4) is 0 Å². The van der Waals surface area contributed by atoms with Crippen LogP contribution in [0.25, 0.3) is 10.8 Å². The van der Waals surface area contributed by atoms with Crippen LogP contribution >= 0.6 is 11.6 Å². The lowest BCUT2D eigenvalue weighted by atomic mass is 10.0. The first-order valence-corrected chi connectivity index (χ1v) is 6.63. The van der Waals surface area contributed by atoms with E-state index in [1.807, 2.05) is 42.5 Å². The van der Waals surface area contributed by atoms with E-state index >= 15 is 0 Å². The lowest BCUT2D eigenvalue weighted by Crippen LogP contribution is -2.39. The van der Waals surface area contributed by atoms with Crippen molar-refractivity contribution in [1.29, 1.82) is 0 Å². The molecular formula is C15H16ClNO2. The number of ether oxygens (including phenoxy) is 1. The highest BCUT2D eigenvalue weighted by atomic mass is 35.5. The van der Waals surface area contributed by atoms with Crippen LogP contribution in [-0.2, 0) is 4.74 Å². The molecular weight excluding hydrogens is 262 g/mol. The average molecular weight is 278 g/mol. The Bertz CT molecular complexity index is 566. The molecule has 2 aromatic carbocycles. The molecule has 1 amide bonds. The summed E-state index contributed by atoms with van der Waals surface area (Å²) in [4.78, 5) is 12.3. The summed E-state index contributed by atoms with van der Waals surface area (Å²) in [7, 11) is 1.59. The molecule has 1 atom stereocenters. The van der Waals surface area contributed by atoms with E-state index < -0.39 is 0 Å². The molecule has 19 heavy (non-hydrogen) atoms. The lowest BCUT2D eigenvalue weighted by molar-refractivity contribution is 0.0908. The molecule has 3 nitrogen and oxygen atoms in total. The fourth-order valence-corrected chi connectivity index (χ4v) is 2.18. The van der Waals surface area contributed by atoms with Crippen molar-refractivity contribution in [3.8, 4) is 0 Å². The summed E-state index contributed by atoms with van der Waals surface area (Å²) in [6.45, 7) is 0.403. The minimum Gasteiger partial charge on any atom is -0.383 e. The molecule has 2 rings (SSSR count). The Hall–Kier alpha value is -1.58. The maximum absolute atomic E-state index is 12.3. The predicted molar refractivity (Wildman–Crippen MR) is 77.8 cm³/mol. The van der Waals surface area contributed by atoms with Crippen molar-refractivity contribution in [2.75, 3.05) is 19.6 Å². The van der Waals surface area contributed by atoms with Crippen LogP contribution in [0, 0.1) is 0 Å². The van der Waals surface area contributed by atoms with Crippen LogP contribution in [0.15, 0.2) is 42.5 Å². The highest BCUT2D eigenvalue weighted by Gasteiger charge is 2.14. The largest absolute Gasteiger partial charge is 0.383 e. The Morgan fingerprint density at radius 2 is 2.00 bits per heavy atom. The third kappa shape index (κ3) is 3.25. The van der Waals surface area contributed by atoms with Gasteiger partial charge in [0.15, 0.2) is 0 Å². The number of methoxy groups -OCH3 is 1. The summed E-state index contributed by atoms with van der Waals surface area (Å²) in [6, 6.07) is 13.3. The molecule has 0 heterocycles. The Labute approximate surface area is 117 Å². The van der Waals surface area contributed by atoms with E-state index in [9.17, 15) is 4.79 Å². The van der Waals surface area contributed by atoms with Gasteiger partial charge in [-0.05, 0) is 16.8 Å². The number of rotatable bonds is 5. The number of carbonyl (C=O) groups is 1. The van der Waals surface area contributed by atoms with Crippen molar-refractivity contribution >= 4 is 28.3 Å². The van der Waals surface area contributed by atoms with Crippen LogP contribution in [0.1, 0.15) is 10.4 Å². The number of halogens is 1. The van der Waals surface area contributed by atoms with E-state index in [1.165, 1.54) is 0 Å². The normalized spacial score (nSPS) is 12.3. The molecule has 0 aliphatic heterocycles. The zero-order chi connectivity index (χ0) is 13.7. The number of fused-ring (bicyclic) bond motifs is 1. The van der Waals surface area contributed by atoms with Crippen molar-refractivity contribution in [2.24, 2.45) is 0 Å². The van der Waals surface area contributed by atoms with Gasteiger partial charge in [-0.25, -0.2) is 0 Å². The van der Waals surface area contributed by atoms with Gasteiger partial charge >= 0.3 is 0 Å². The summed E-state index contributed by atoms with van der Waals surface area (Å²) in [6.07, 6.45) is 0. The SMILES string of the molecule is COCC(CCl)NC(=O)c1cccc2ccccc12. The standard InChI is InChI=1S/C15H16ClNO2/c1-19-10-12(9-16)17-15(18)14-8-4-6-11-5-2-3-7-13(11)14/h2-8,12H,9-10H2,1H3,(H,17,18).